The Labute approximate surface area is 329 Å². The van der Waals surface area contributed by atoms with Crippen LogP contribution in [0, 0.1) is 0 Å². The summed E-state index contributed by atoms with van der Waals surface area (Å²) < 4.78 is 6.61. The zero-order valence-corrected chi connectivity index (χ0v) is 30.8. The molecule has 266 valence electrons. The molecule has 0 atom stereocenters. The third-order valence-corrected chi connectivity index (χ3v) is 10.9. The van der Waals surface area contributed by atoms with E-state index >= 15 is 0 Å². The predicted octanol–water partition coefficient (Wildman–Crippen LogP) is 14.1. The molecule has 0 aliphatic rings. The second kappa shape index (κ2) is 13.6. The number of rotatable bonds is 6. The Morgan fingerprint density at radius 3 is 1.53 bits per heavy atom. The van der Waals surface area contributed by atoms with Crippen LogP contribution in [0.1, 0.15) is 0 Å². The molecule has 0 bridgehead atoms. The van der Waals surface area contributed by atoms with Crippen LogP contribution >= 0.6 is 0 Å². The van der Waals surface area contributed by atoms with E-state index in [9.17, 15) is 0 Å². The second-order valence-corrected chi connectivity index (χ2v) is 14.3. The molecule has 0 radical (unpaired) electrons. The molecule has 57 heavy (non-hydrogen) atoms. The Morgan fingerprint density at radius 2 is 0.825 bits per heavy atom. The summed E-state index contributed by atoms with van der Waals surface area (Å²) in [7, 11) is 0. The van der Waals surface area contributed by atoms with Gasteiger partial charge < -0.3 is 4.42 Å². The van der Waals surface area contributed by atoms with Crippen molar-refractivity contribution in [2.45, 2.75) is 0 Å². The normalized spacial score (nSPS) is 11.5. The van der Waals surface area contributed by atoms with Gasteiger partial charge in [-0.1, -0.05) is 176 Å². The molecule has 11 aromatic rings. The molecule has 0 spiro atoms. The lowest BCUT2D eigenvalue weighted by atomic mass is 9.89. The molecule has 11 rings (SSSR count). The van der Waals surface area contributed by atoms with Crippen molar-refractivity contribution in [1.29, 1.82) is 0 Å². The molecule has 0 amide bonds. The third-order valence-electron chi connectivity index (χ3n) is 10.9. The van der Waals surface area contributed by atoms with Crippen LogP contribution in [-0.4, -0.2) is 15.0 Å². The van der Waals surface area contributed by atoms with Crippen molar-refractivity contribution < 1.29 is 4.42 Å². The smallest absolute Gasteiger partial charge is 0.160 e. The summed E-state index contributed by atoms with van der Waals surface area (Å²) in [5, 5.41) is 5.46. The maximum Gasteiger partial charge on any atom is 0.160 e. The summed E-state index contributed by atoms with van der Waals surface area (Å²) in [5.74, 6) is 0.669. The monoisotopic (exact) mass is 727 g/mol. The van der Waals surface area contributed by atoms with Gasteiger partial charge in [0.15, 0.2) is 5.82 Å². The lowest BCUT2D eigenvalue weighted by Crippen LogP contribution is -1.96. The number of furan rings is 1. The molecule has 0 fully saturated rings. The van der Waals surface area contributed by atoms with E-state index in [0.717, 1.165) is 94.1 Å². The van der Waals surface area contributed by atoms with Crippen molar-refractivity contribution in [2.24, 2.45) is 0 Å². The van der Waals surface area contributed by atoms with Crippen LogP contribution in [0.4, 0.5) is 0 Å². The molecular weight excluding hydrogens is 695 g/mol. The molecule has 0 saturated carbocycles. The predicted molar refractivity (Wildman–Crippen MR) is 235 cm³/mol. The SMILES string of the molecule is c1ccc(-c2ccc(-c3cc(-c4ccccc4)nc(-c4ccc(-c5c6c(cc7c(-c8ccccc8)nc8ccccc8c57)oc5ccccc56)cc4)n3)cc2)cc1. The highest BCUT2D eigenvalue weighted by molar-refractivity contribution is 6.27. The van der Waals surface area contributed by atoms with Gasteiger partial charge in [-0.15, -0.1) is 0 Å². The highest BCUT2D eigenvalue weighted by atomic mass is 16.3. The van der Waals surface area contributed by atoms with Crippen molar-refractivity contribution in [2.75, 3.05) is 0 Å². The van der Waals surface area contributed by atoms with Crippen molar-refractivity contribution in [3.05, 3.63) is 200 Å². The largest absolute Gasteiger partial charge is 0.456 e. The van der Waals surface area contributed by atoms with E-state index in [1.54, 1.807) is 0 Å². The van der Waals surface area contributed by atoms with Gasteiger partial charge in [-0.05, 0) is 41.0 Å². The van der Waals surface area contributed by atoms with Crippen molar-refractivity contribution >= 4 is 43.6 Å². The summed E-state index contributed by atoms with van der Waals surface area (Å²) in [5.41, 5.74) is 13.9. The summed E-state index contributed by atoms with van der Waals surface area (Å²) in [6, 6.07) is 69.6. The van der Waals surface area contributed by atoms with Gasteiger partial charge in [0.25, 0.3) is 0 Å². The van der Waals surface area contributed by atoms with Crippen LogP contribution in [0.25, 0.3) is 111 Å². The van der Waals surface area contributed by atoms with E-state index < -0.39 is 0 Å². The first kappa shape index (κ1) is 32.7. The van der Waals surface area contributed by atoms with Crippen molar-refractivity contribution in [3.63, 3.8) is 0 Å². The van der Waals surface area contributed by atoms with E-state index in [1.807, 2.05) is 42.5 Å². The van der Waals surface area contributed by atoms with Crippen LogP contribution in [0.2, 0.25) is 0 Å². The Kier molecular flexibility index (Phi) is 7.78. The molecule has 0 aliphatic heterocycles. The lowest BCUT2D eigenvalue weighted by Gasteiger charge is -2.16. The minimum atomic E-state index is 0.669. The first-order valence-corrected chi connectivity index (χ1v) is 19.2. The van der Waals surface area contributed by atoms with Crippen LogP contribution < -0.4 is 0 Å². The molecule has 0 N–H and O–H groups in total. The minimum absolute atomic E-state index is 0.669. The number of hydrogen-bond donors (Lipinski definition) is 0. The zero-order chi connectivity index (χ0) is 37.7. The third kappa shape index (κ3) is 5.74. The van der Waals surface area contributed by atoms with Gasteiger partial charge in [-0.2, -0.15) is 0 Å². The second-order valence-electron chi connectivity index (χ2n) is 14.3. The average Bonchev–Trinajstić information content (AvgIpc) is 3.67. The standard InChI is InChI=1S/C53H33N3O/c1-4-14-34(15-5-1)35-24-26-37(27-25-35)46-33-45(36-16-6-2-7-17-36)55-53(56-46)40-30-28-38(29-31-40)49-50-41-20-10-12-22-44(41)54-52(39-18-8-3-9-19-39)43(50)32-48-51(49)42-21-11-13-23-47(42)57-48/h1-33H. The van der Waals surface area contributed by atoms with Crippen molar-refractivity contribution in [3.8, 4) is 67.4 Å². The Morgan fingerprint density at radius 1 is 0.316 bits per heavy atom. The summed E-state index contributed by atoms with van der Waals surface area (Å²) in [6.07, 6.45) is 0. The van der Waals surface area contributed by atoms with E-state index in [2.05, 4.69) is 158 Å². The topological polar surface area (TPSA) is 51.8 Å². The molecule has 4 heteroatoms. The van der Waals surface area contributed by atoms with Gasteiger partial charge >= 0.3 is 0 Å². The number of para-hydroxylation sites is 2. The van der Waals surface area contributed by atoms with E-state index in [4.69, 9.17) is 19.4 Å². The fraction of sp³-hybridized carbons (Fsp3) is 0. The van der Waals surface area contributed by atoms with Gasteiger partial charge in [0.1, 0.15) is 11.2 Å². The van der Waals surface area contributed by atoms with Crippen molar-refractivity contribution in [1.82, 2.24) is 15.0 Å². The quantitative estimate of drug-likeness (QED) is 0.160. The number of pyridine rings is 1. The zero-order valence-electron chi connectivity index (χ0n) is 30.8. The number of hydrogen-bond acceptors (Lipinski definition) is 4. The Hall–Kier alpha value is -7.69. The molecule has 0 unspecified atom stereocenters. The number of nitrogens with zero attached hydrogens (tertiary/aromatic N) is 3. The molecule has 0 saturated heterocycles. The van der Waals surface area contributed by atoms with Crippen LogP contribution in [-0.2, 0) is 0 Å². The first-order chi connectivity index (χ1) is 28.2. The molecule has 3 heterocycles. The number of fused-ring (bicyclic) bond motifs is 6. The van der Waals surface area contributed by atoms with E-state index in [1.165, 1.54) is 11.1 Å². The highest BCUT2D eigenvalue weighted by Crippen LogP contribution is 2.46. The van der Waals surface area contributed by atoms with Gasteiger partial charge in [0, 0.05) is 54.7 Å². The van der Waals surface area contributed by atoms with Crippen LogP contribution in [0.15, 0.2) is 205 Å². The van der Waals surface area contributed by atoms with Crippen LogP contribution in [0.5, 0.6) is 0 Å². The summed E-state index contributed by atoms with van der Waals surface area (Å²) in [6.45, 7) is 0. The fourth-order valence-corrected chi connectivity index (χ4v) is 8.15. The maximum atomic E-state index is 6.61. The van der Waals surface area contributed by atoms with E-state index in [-0.39, 0.29) is 0 Å². The van der Waals surface area contributed by atoms with Gasteiger partial charge in [-0.3, -0.25) is 0 Å². The molecule has 4 nitrogen and oxygen atoms in total. The first-order valence-electron chi connectivity index (χ1n) is 19.2. The minimum Gasteiger partial charge on any atom is -0.456 e. The molecular formula is C53H33N3O. The van der Waals surface area contributed by atoms with E-state index in [0.29, 0.717) is 5.82 Å². The van der Waals surface area contributed by atoms with Gasteiger partial charge in [0.2, 0.25) is 0 Å². The molecule has 0 aliphatic carbocycles. The number of benzene rings is 8. The van der Waals surface area contributed by atoms with Gasteiger partial charge in [0.05, 0.1) is 22.6 Å². The Balaban J connectivity index is 1.11. The maximum absolute atomic E-state index is 6.61. The molecule has 8 aromatic carbocycles. The summed E-state index contributed by atoms with van der Waals surface area (Å²) in [4.78, 5) is 15.6. The Bertz CT molecular complexity index is 3250. The average molecular weight is 728 g/mol. The van der Waals surface area contributed by atoms with Crippen LogP contribution in [0.3, 0.4) is 0 Å². The highest BCUT2D eigenvalue weighted by Gasteiger charge is 2.22. The molecule has 3 aromatic heterocycles. The van der Waals surface area contributed by atoms with Gasteiger partial charge in [-0.25, -0.2) is 15.0 Å². The summed E-state index contributed by atoms with van der Waals surface area (Å²) >= 11 is 0. The fourth-order valence-electron chi connectivity index (χ4n) is 8.15. The number of aromatic nitrogens is 3. The lowest BCUT2D eigenvalue weighted by molar-refractivity contribution is 0.669.